The monoisotopic (exact) mass is 245 g/mol. The molecule has 0 saturated carbocycles. The van der Waals surface area contributed by atoms with Gasteiger partial charge in [0.2, 0.25) is 0 Å². The fourth-order valence-corrected chi connectivity index (χ4v) is 2.15. The van der Waals surface area contributed by atoms with Gasteiger partial charge >= 0.3 is 0 Å². The number of pyridine rings is 1. The van der Waals surface area contributed by atoms with Gasteiger partial charge in [0.05, 0.1) is 12.8 Å². The van der Waals surface area contributed by atoms with Gasteiger partial charge in [0.25, 0.3) is 0 Å². The lowest BCUT2D eigenvalue weighted by Gasteiger charge is -2.17. The molecule has 0 amide bonds. The Hall–Kier alpha value is -1.64. The summed E-state index contributed by atoms with van der Waals surface area (Å²) in [7, 11) is 0. The zero-order valence-corrected chi connectivity index (χ0v) is 11.0. The second kappa shape index (κ2) is 5.80. The van der Waals surface area contributed by atoms with Crippen LogP contribution in [-0.4, -0.2) is 17.4 Å². The number of ether oxygens (including phenoxy) is 1. The standard InChI is InChI=1S/C15H19NO2/c1-3-18-14-8-13(9-16-10-14)15(17)12-6-4-11(2)5-7-12/h6,8-11H,3-5,7H2,1-2H3. The lowest BCUT2D eigenvalue weighted by Crippen LogP contribution is -2.10. The Morgan fingerprint density at radius 2 is 2.33 bits per heavy atom. The van der Waals surface area contributed by atoms with Crippen molar-refractivity contribution >= 4 is 5.78 Å². The van der Waals surface area contributed by atoms with Crippen LogP contribution in [-0.2, 0) is 0 Å². The number of carbonyl (C=O) groups excluding carboxylic acids is 1. The Balaban J connectivity index is 2.16. The molecule has 2 rings (SSSR count). The molecule has 0 radical (unpaired) electrons. The van der Waals surface area contributed by atoms with Crippen LogP contribution in [0, 0.1) is 5.92 Å². The van der Waals surface area contributed by atoms with E-state index in [-0.39, 0.29) is 5.78 Å². The van der Waals surface area contributed by atoms with Crippen LogP contribution in [0.15, 0.2) is 30.1 Å². The number of aromatic nitrogens is 1. The molecule has 1 aromatic rings. The third-order valence-corrected chi connectivity index (χ3v) is 3.25. The summed E-state index contributed by atoms with van der Waals surface area (Å²) in [6, 6.07) is 1.78. The number of rotatable bonds is 4. The van der Waals surface area contributed by atoms with Gasteiger partial charge in [-0.25, -0.2) is 0 Å². The molecule has 1 atom stereocenters. The van der Waals surface area contributed by atoms with E-state index in [0.717, 1.165) is 24.8 Å². The fourth-order valence-electron chi connectivity index (χ4n) is 2.15. The third kappa shape index (κ3) is 2.97. The molecule has 1 aliphatic carbocycles. The number of hydrogen-bond acceptors (Lipinski definition) is 3. The predicted octanol–water partition coefficient (Wildman–Crippen LogP) is 3.41. The molecule has 0 N–H and O–H groups in total. The Morgan fingerprint density at radius 3 is 3.00 bits per heavy atom. The molecule has 18 heavy (non-hydrogen) atoms. The first-order valence-corrected chi connectivity index (χ1v) is 6.52. The fraction of sp³-hybridized carbons (Fsp3) is 0.467. The maximum Gasteiger partial charge on any atom is 0.190 e. The van der Waals surface area contributed by atoms with Crippen LogP contribution in [0.3, 0.4) is 0 Å². The number of carbonyl (C=O) groups is 1. The lowest BCUT2D eigenvalue weighted by atomic mass is 9.88. The van der Waals surface area contributed by atoms with Crippen molar-refractivity contribution < 1.29 is 9.53 Å². The van der Waals surface area contributed by atoms with E-state index < -0.39 is 0 Å². The average Bonchev–Trinajstić information content (AvgIpc) is 2.39. The molecule has 0 spiro atoms. The van der Waals surface area contributed by atoms with Crippen molar-refractivity contribution in [3.05, 3.63) is 35.7 Å². The van der Waals surface area contributed by atoms with Crippen molar-refractivity contribution in [3.63, 3.8) is 0 Å². The first-order chi connectivity index (χ1) is 8.70. The summed E-state index contributed by atoms with van der Waals surface area (Å²) in [6.45, 7) is 4.72. The summed E-state index contributed by atoms with van der Waals surface area (Å²) in [5, 5.41) is 0. The highest BCUT2D eigenvalue weighted by Gasteiger charge is 2.18. The summed E-state index contributed by atoms with van der Waals surface area (Å²) in [5.41, 5.74) is 1.55. The Kier molecular flexibility index (Phi) is 4.13. The zero-order chi connectivity index (χ0) is 13.0. The van der Waals surface area contributed by atoms with Crippen LogP contribution in [0.25, 0.3) is 0 Å². The highest BCUT2D eigenvalue weighted by atomic mass is 16.5. The third-order valence-electron chi connectivity index (χ3n) is 3.25. The molecule has 1 heterocycles. The molecule has 0 aliphatic heterocycles. The van der Waals surface area contributed by atoms with Crippen LogP contribution in [0.5, 0.6) is 5.75 Å². The van der Waals surface area contributed by atoms with Crippen LogP contribution in [0.4, 0.5) is 0 Å². The smallest absolute Gasteiger partial charge is 0.190 e. The quantitative estimate of drug-likeness (QED) is 0.763. The maximum atomic E-state index is 12.3. The molecular formula is C15H19NO2. The first kappa shape index (κ1) is 12.8. The molecule has 1 unspecified atom stereocenters. The highest BCUT2D eigenvalue weighted by molar-refractivity contribution is 6.08. The van der Waals surface area contributed by atoms with E-state index in [1.54, 1.807) is 18.5 Å². The topological polar surface area (TPSA) is 39.2 Å². The zero-order valence-electron chi connectivity index (χ0n) is 11.0. The van der Waals surface area contributed by atoms with Gasteiger partial charge < -0.3 is 4.74 Å². The SMILES string of the molecule is CCOc1cncc(C(=O)C2=CCC(C)CC2)c1. The number of ketones is 1. The van der Waals surface area contributed by atoms with Crippen molar-refractivity contribution in [1.29, 1.82) is 0 Å². The molecule has 0 fully saturated rings. The van der Waals surface area contributed by atoms with Gasteiger partial charge in [-0.1, -0.05) is 13.0 Å². The van der Waals surface area contributed by atoms with E-state index in [0.29, 0.717) is 23.8 Å². The van der Waals surface area contributed by atoms with Crippen LogP contribution in [0.1, 0.15) is 43.5 Å². The van der Waals surface area contributed by atoms with E-state index in [1.807, 2.05) is 6.92 Å². The number of hydrogen-bond donors (Lipinski definition) is 0. The van der Waals surface area contributed by atoms with E-state index in [2.05, 4.69) is 18.0 Å². The van der Waals surface area contributed by atoms with Gasteiger partial charge in [0, 0.05) is 11.8 Å². The molecule has 1 aliphatic rings. The molecule has 0 aromatic carbocycles. The number of nitrogens with zero attached hydrogens (tertiary/aromatic N) is 1. The normalized spacial score (nSPS) is 19.2. The molecule has 3 heteroatoms. The largest absolute Gasteiger partial charge is 0.492 e. The van der Waals surface area contributed by atoms with Crippen molar-refractivity contribution in [2.75, 3.05) is 6.61 Å². The minimum atomic E-state index is 0.0935. The van der Waals surface area contributed by atoms with Crippen molar-refractivity contribution in [1.82, 2.24) is 4.98 Å². The van der Waals surface area contributed by atoms with Gasteiger partial charge in [-0.2, -0.15) is 0 Å². The van der Waals surface area contributed by atoms with Crippen molar-refractivity contribution in [3.8, 4) is 5.75 Å². The minimum absolute atomic E-state index is 0.0935. The van der Waals surface area contributed by atoms with Crippen LogP contribution in [0.2, 0.25) is 0 Å². The summed E-state index contributed by atoms with van der Waals surface area (Å²) in [6.07, 6.45) is 8.29. The van der Waals surface area contributed by atoms with Gasteiger partial charge in [-0.3, -0.25) is 9.78 Å². The van der Waals surface area contributed by atoms with Gasteiger partial charge in [0.1, 0.15) is 5.75 Å². The van der Waals surface area contributed by atoms with Gasteiger partial charge in [0.15, 0.2) is 5.78 Å². The van der Waals surface area contributed by atoms with Gasteiger partial charge in [-0.15, -0.1) is 0 Å². The van der Waals surface area contributed by atoms with Crippen LogP contribution >= 0.6 is 0 Å². The number of Topliss-reactive ketones (excluding diaryl/α,β-unsaturated/α-hetero) is 1. The first-order valence-electron chi connectivity index (χ1n) is 6.52. The maximum absolute atomic E-state index is 12.3. The Bertz CT molecular complexity index is 465. The summed E-state index contributed by atoms with van der Waals surface area (Å²) in [4.78, 5) is 16.4. The molecule has 1 aromatic heterocycles. The van der Waals surface area contributed by atoms with Gasteiger partial charge in [-0.05, 0) is 43.7 Å². The lowest BCUT2D eigenvalue weighted by molar-refractivity contribution is 0.102. The molecule has 3 nitrogen and oxygen atoms in total. The molecule has 0 bridgehead atoms. The minimum Gasteiger partial charge on any atom is -0.492 e. The second-order valence-corrected chi connectivity index (χ2v) is 4.78. The summed E-state index contributed by atoms with van der Waals surface area (Å²) in [5.74, 6) is 1.44. The number of allylic oxidation sites excluding steroid dienone is 2. The molecule has 0 saturated heterocycles. The van der Waals surface area contributed by atoms with Crippen LogP contribution < -0.4 is 4.74 Å². The predicted molar refractivity (Wildman–Crippen MR) is 70.8 cm³/mol. The van der Waals surface area contributed by atoms with Crippen molar-refractivity contribution in [2.45, 2.75) is 33.1 Å². The van der Waals surface area contributed by atoms with E-state index in [9.17, 15) is 4.79 Å². The average molecular weight is 245 g/mol. The summed E-state index contributed by atoms with van der Waals surface area (Å²) < 4.78 is 5.37. The van der Waals surface area contributed by atoms with Crippen molar-refractivity contribution in [2.24, 2.45) is 5.92 Å². The highest BCUT2D eigenvalue weighted by Crippen LogP contribution is 2.26. The van der Waals surface area contributed by atoms with E-state index >= 15 is 0 Å². The van der Waals surface area contributed by atoms with E-state index in [4.69, 9.17) is 4.74 Å². The second-order valence-electron chi connectivity index (χ2n) is 4.78. The molecular weight excluding hydrogens is 226 g/mol. The Morgan fingerprint density at radius 1 is 1.50 bits per heavy atom. The Labute approximate surface area is 108 Å². The summed E-state index contributed by atoms with van der Waals surface area (Å²) >= 11 is 0. The van der Waals surface area contributed by atoms with E-state index in [1.165, 1.54) is 0 Å². The molecule has 96 valence electrons.